The van der Waals surface area contributed by atoms with Crippen molar-refractivity contribution in [2.75, 3.05) is 12.4 Å². The molecule has 0 saturated heterocycles. The summed E-state index contributed by atoms with van der Waals surface area (Å²) < 4.78 is 11.5. The molecule has 0 unspecified atom stereocenters. The summed E-state index contributed by atoms with van der Waals surface area (Å²) >= 11 is 3.38. The molecule has 0 atom stereocenters. The van der Waals surface area contributed by atoms with Gasteiger partial charge in [-0.2, -0.15) is 0 Å². The van der Waals surface area contributed by atoms with Gasteiger partial charge in [-0.25, -0.2) is 0 Å². The van der Waals surface area contributed by atoms with Gasteiger partial charge < -0.3 is 14.5 Å². The maximum absolute atomic E-state index is 12.3. The van der Waals surface area contributed by atoms with Crippen molar-refractivity contribution in [3.8, 4) is 17.2 Å². The number of rotatable bonds is 4. The first kappa shape index (κ1) is 16.2. The summed E-state index contributed by atoms with van der Waals surface area (Å²) in [6.45, 7) is 1.90. The van der Waals surface area contributed by atoms with Gasteiger partial charge in [-0.1, -0.05) is 15.9 Å². The summed E-state index contributed by atoms with van der Waals surface area (Å²) in [4.78, 5) is 12.3. The lowest BCUT2D eigenvalue weighted by atomic mass is 10.2. The number of ether oxygens (including phenoxy) is 1. The Morgan fingerprint density at radius 3 is 2.58 bits per heavy atom. The van der Waals surface area contributed by atoms with Crippen LogP contribution < -0.4 is 10.1 Å². The zero-order valence-electron chi connectivity index (χ0n) is 13.0. The Bertz CT molecular complexity index is 875. The number of benzene rings is 2. The molecule has 1 N–H and O–H groups in total. The van der Waals surface area contributed by atoms with Crippen LogP contribution in [0.5, 0.6) is 5.75 Å². The molecular weight excluding hydrogens is 374 g/mol. The SMILES string of the molecule is COc1ccc(-c2nnc(C(=O)Nc3ccc(Br)cc3C)o2)cc1. The van der Waals surface area contributed by atoms with Crippen LogP contribution in [-0.4, -0.2) is 23.2 Å². The first-order valence-electron chi connectivity index (χ1n) is 7.12. The lowest BCUT2D eigenvalue weighted by molar-refractivity contribution is 0.0990. The van der Waals surface area contributed by atoms with E-state index in [1.807, 2.05) is 19.1 Å². The predicted octanol–water partition coefficient (Wildman–Crippen LogP) is 4.07. The van der Waals surface area contributed by atoms with E-state index in [9.17, 15) is 4.79 Å². The average molecular weight is 388 g/mol. The van der Waals surface area contributed by atoms with Gasteiger partial charge in [0.1, 0.15) is 5.75 Å². The minimum atomic E-state index is -0.451. The molecule has 0 radical (unpaired) electrons. The number of aryl methyl sites for hydroxylation is 1. The highest BCUT2D eigenvalue weighted by atomic mass is 79.9. The summed E-state index contributed by atoms with van der Waals surface area (Å²) in [5.41, 5.74) is 2.32. The molecule has 1 amide bonds. The normalized spacial score (nSPS) is 10.5. The maximum Gasteiger partial charge on any atom is 0.313 e. The number of anilines is 1. The molecule has 122 valence electrons. The number of nitrogens with zero attached hydrogens (tertiary/aromatic N) is 2. The minimum absolute atomic E-state index is 0.0943. The third-order valence-electron chi connectivity index (χ3n) is 3.39. The van der Waals surface area contributed by atoms with Crippen LogP contribution in [0.15, 0.2) is 51.4 Å². The molecule has 0 bridgehead atoms. The fourth-order valence-electron chi connectivity index (χ4n) is 2.11. The number of aromatic nitrogens is 2. The van der Waals surface area contributed by atoms with Crippen LogP contribution in [-0.2, 0) is 0 Å². The van der Waals surface area contributed by atoms with Crippen LogP contribution in [0.4, 0.5) is 5.69 Å². The predicted molar refractivity (Wildman–Crippen MR) is 93.1 cm³/mol. The quantitative estimate of drug-likeness (QED) is 0.729. The number of methoxy groups -OCH3 is 1. The van der Waals surface area contributed by atoms with Crippen molar-refractivity contribution in [3.63, 3.8) is 0 Å². The monoisotopic (exact) mass is 387 g/mol. The highest BCUT2D eigenvalue weighted by Crippen LogP contribution is 2.23. The highest BCUT2D eigenvalue weighted by molar-refractivity contribution is 9.10. The number of hydrogen-bond acceptors (Lipinski definition) is 5. The van der Waals surface area contributed by atoms with E-state index in [0.717, 1.165) is 15.8 Å². The molecule has 7 heteroatoms. The Kier molecular flexibility index (Phi) is 4.61. The van der Waals surface area contributed by atoms with E-state index in [0.29, 0.717) is 11.3 Å². The molecule has 0 aliphatic rings. The number of amides is 1. The van der Waals surface area contributed by atoms with Gasteiger partial charge in [0.25, 0.3) is 0 Å². The van der Waals surface area contributed by atoms with Gasteiger partial charge in [0.2, 0.25) is 5.89 Å². The van der Waals surface area contributed by atoms with Gasteiger partial charge in [0.15, 0.2) is 0 Å². The molecule has 2 aromatic carbocycles. The number of carbonyl (C=O) groups excluding carboxylic acids is 1. The van der Waals surface area contributed by atoms with Crippen molar-refractivity contribution in [2.24, 2.45) is 0 Å². The fraction of sp³-hybridized carbons (Fsp3) is 0.118. The fourth-order valence-corrected chi connectivity index (χ4v) is 2.58. The standard InChI is InChI=1S/C17H14BrN3O3/c1-10-9-12(18)5-8-14(10)19-15(22)17-21-20-16(24-17)11-3-6-13(23-2)7-4-11/h3-9H,1-2H3,(H,19,22). The number of halogens is 1. The Balaban J connectivity index is 1.77. The van der Waals surface area contributed by atoms with Crippen molar-refractivity contribution in [3.05, 3.63) is 58.4 Å². The molecule has 3 rings (SSSR count). The van der Waals surface area contributed by atoms with E-state index in [-0.39, 0.29) is 11.8 Å². The molecule has 24 heavy (non-hydrogen) atoms. The molecule has 6 nitrogen and oxygen atoms in total. The third kappa shape index (κ3) is 3.46. The average Bonchev–Trinajstić information content (AvgIpc) is 3.07. The second kappa shape index (κ2) is 6.84. The summed E-state index contributed by atoms with van der Waals surface area (Å²) in [6, 6.07) is 12.7. The maximum atomic E-state index is 12.3. The Morgan fingerprint density at radius 1 is 1.17 bits per heavy atom. The van der Waals surface area contributed by atoms with Gasteiger partial charge in [-0.05, 0) is 55.0 Å². The van der Waals surface area contributed by atoms with Crippen LogP contribution >= 0.6 is 15.9 Å². The Labute approximate surface area is 147 Å². The van der Waals surface area contributed by atoms with Crippen LogP contribution in [0.3, 0.4) is 0 Å². The van der Waals surface area contributed by atoms with Crippen LogP contribution in [0.25, 0.3) is 11.5 Å². The van der Waals surface area contributed by atoms with E-state index in [4.69, 9.17) is 9.15 Å². The first-order chi connectivity index (χ1) is 11.6. The third-order valence-corrected chi connectivity index (χ3v) is 3.89. The largest absolute Gasteiger partial charge is 0.497 e. The van der Waals surface area contributed by atoms with Crippen molar-refractivity contribution in [2.45, 2.75) is 6.92 Å². The van der Waals surface area contributed by atoms with Crippen LogP contribution in [0.2, 0.25) is 0 Å². The van der Waals surface area contributed by atoms with Crippen molar-refractivity contribution >= 4 is 27.5 Å². The van der Waals surface area contributed by atoms with E-state index in [1.165, 1.54) is 0 Å². The highest BCUT2D eigenvalue weighted by Gasteiger charge is 2.17. The second-order valence-corrected chi connectivity index (χ2v) is 5.97. The summed E-state index contributed by atoms with van der Waals surface area (Å²) in [5, 5.41) is 10.5. The molecule has 0 saturated carbocycles. The molecule has 3 aromatic rings. The number of carbonyl (C=O) groups is 1. The Morgan fingerprint density at radius 2 is 1.92 bits per heavy atom. The lowest BCUT2D eigenvalue weighted by Crippen LogP contribution is -2.13. The van der Waals surface area contributed by atoms with E-state index in [1.54, 1.807) is 37.4 Å². The Hall–Kier alpha value is -2.67. The summed E-state index contributed by atoms with van der Waals surface area (Å²) in [5.74, 6) is 0.452. The van der Waals surface area contributed by atoms with Gasteiger partial charge in [-0.15, -0.1) is 10.2 Å². The number of hydrogen-bond donors (Lipinski definition) is 1. The van der Waals surface area contributed by atoms with Crippen LogP contribution in [0, 0.1) is 6.92 Å². The zero-order valence-corrected chi connectivity index (χ0v) is 14.6. The van der Waals surface area contributed by atoms with Gasteiger partial charge in [0.05, 0.1) is 7.11 Å². The first-order valence-corrected chi connectivity index (χ1v) is 7.91. The van der Waals surface area contributed by atoms with Crippen LogP contribution in [0.1, 0.15) is 16.2 Å². The van der Waals surface area contributed by atoms with Crippen molar-refractivity contribution in [1.82, 2.24) is 10.2 Å². The zero-order chi connectivity index (χ0) is 17.1. The van der Waals surface area contributed by atoms with Gasteiger partial charge in [-0.3, -0.25) is 4.79 Å². The summed E-state index contributed by atoms with van der Waals surface area (Å²) in [7, 11) is 1.59. The lowest BCUT2D eigenvalue weighted by Gasteiger charge is -2.06. The van der Waals surface area contributed by atoms with Crippen molar-refractivity contribution < 1.29 is 13.9 Å². The molecule has 0 fully saturated rings. The number of nitrogens with one attached hydrogen (secondary N) is 1. The van der Waals surface area contributed by atoms with E-state index >= 15 is 0 Å². The minimum Gasteiger partial charge on any atom is -0.497 e. The second-order valence-electron chi connectivity index (χ2n) is 5.05. The van der Waals surface area contributed by atoms with Gasteiger partial charge >= 0.3 is 11.8 Å². The smallest absolute Gasteiger partial charge is 0.313 e. The summed E-state index contributed by atoms with van der Waals surface area (Å²) in [6.07, 6.45) is 0. The molecule has 0 aliphatic heterocycles. The van der Waals surface area contributed by atoms with Gasteiger partial charge in [0, 0.05) is 15.7 Å². The molecular formula is C17H14BrN3O3. The molecule has 0 spiro atoms. The molecule has 1 heterocycles. The topological polar surface area (TPSA) is 77.2 Å². The van der Waals surface area contributed by atoms with Crippen molar-refractivity contribution in [1.29, 1.82) is 0 Å². The van der Waals surface area contributed by atoms with E-state index < -0.39 is 5.91 Å². The molecule has 0 aliphatic carbocycles. The van der Waals surface area contributed by atoms with E-state index in [2.05, 4.69) is 31.4 Å². The molecule has 1 aromatic heterocycles.